The summed E-state index contributed by atoms with van der Waals surface area (Å²) in [6, 6.07) is 0. The third-order valence-electron chi connectivity index (χ3n) is 16.9. The quantitative estimate of drug-likeness (QED) is 0.0261. The molecule has 0 heterocycles. The molecule has 0 fully saturated rings. The van der Waals surface area contributed by atoms with Crippen molar-refractivity contribution in [2.75, 3.05) is 13.2 Å². The first kappa shape index (κ1) is 79.6. The summed E-state index contributed by atoms with van der Waals surface area (Å²) in [5.41, 5.74) is 0. The predicted molar refractivity (Wildman–Crippen MR) is 358 cm³/mol. The van der Waals surface area contributed by atoms with Gasteiger partial charge in [-0.25, -0.2) is 0 Å². The van der Waals surface area contributed by atoms with Gasteiger partial charge in [-0.2, -0.15) is 0 Å². The highest BCUT2D eigenvalue weighted by molar-refractivity contribution is 5.71. The number of carbonyl (C=O) groups excluding carboxylic acids is 3. The van der Waals surface area contributed by atoms with E-state index in [1.807, 2.05) is 0 Å². The van der Waals surface area contributed by atoms with Crippen molar-refractivity contribution in [3.8, 4) is 0 Å². The van der Waals surface area contributed by atoms with Gasteiger partial charge in [-0.1, -0.05) is 372 Å². The Morgan fingerprint density at radius 1 is 0.244 bits per heavy atom. The van der Waals surface area contributed by atoms with Crippen LogP contribution in [0.25, 0.3) is 0 Å². The van der Waals surface area contributed by atoms with Crippen LogP contribution in [-0.4, -0.2) is 37.2 Å². The second-order valence-electron chi connectivity index (χ2n) is 25.2. The maximum absolute atomic E-state index is 13.0. The fourth-order valence-electron chi connectivity index (χ4n) is 11.3. The summed E-state index contributed by atoms with van der Waals surface area (Å²) in [4.78, 5) is 38.5. The van der Waals surface area contributed by atoms with Gasteiger partial charge in [-0.3, -0.25) is 14.4 Å². The van der Waals surface area contributed by atoms with E-state index in [0.717, 1.165) is 70.6 Å². The normalized spacial score (nSPS) is 12.2. The molecule has 0 aliphatic rings. The summed E-state index contributed by atoms with van der Waals surface area (Å²) in [5, 5.41) is 0. The van der Waals surface area contributed by atoms with E-state index in [0.29, 0.717) is 19.3 Å². The zero-order chi connectivity index (χ0) is 59.2. The zero-order valence-corrected chi connectivity index (χ0v) is 55.5. The molecule has 0 N–H and O–H groups in total. The highest BCUT2D eigenvalue weighted by Crippen LogP contribution is 2.19. The van der Waals surface area contributed by atoms with Crippen molar-refractivity contribution in [3.63, 3.8) is 0 Å². The maximum atomic E-state index is 13.0. The minimum absolute atomic E-state index is 0.0655. The topological polar surface area (TPSA) is 78.9 Å². The first-order valence-corrected chi connectivity index (χ1v) is 37.0. The molecule has 0 aromatic carbocycles. The number of esters is 3. The minimum Gasteiger partial charge on any atom is -0.462 e. The highest BCUT2D eigenvalue weighted by atomic mass is 16.6. The average molecular weight is 1150 g/mol. The molecule has 0 spiro atoms. The van der Waals surface area contributed by atoms with Gasteiger partial charge < -0.3 is 14.2 Å². The van der Waals surface area contributed by atoms with E-state index in [1.165, 1.54) is 302 Å². The molecule has 6 heteroatoms. The van der Waals surface area contributed by atoms with Crippen LogP contribution >= 0.6 is 0 Å². The Labute approximate surface area is 512 Å². The maximum Gasteiger partial charge on any atom is 0.306 e. The second-order valence-corrected chi connectivity index (χ2v) is 25.2. The number of ether oxygens (including phenoxy) is 3. The molecule has 6 nitrogen and oxygen atoms in total. The fraction of sp³-hybridized carbons (Fsp3) is 0.882. The number of unbranched alkanes of at least 4 members (excludes halogenated alkanes) is 52. The van der Waals surface area contributed by atoms with Crippen LogP contribution in [0.3, 0.4) is 0 Å². The van der Waals surface area contributed by atoms with Crippen molar-refractivity contribution in [2.24, 2.45) is 0 Å². The Bertz CT molecular complexity index is 1370. The van der Waals surface area contributed by atoms with Crippen LogP contribution in [0.15, 0.2) is 36.5 Å². The van der Waals surface area contributed by atoms with Gasteiger partial charge >= 0.3 is 17.9 Å². The SMILES string of the molecule is CCCCCCC/C=C\C/C=C\C/C=C\CCCCCCCCCCCCCCC(=O)OCC(COC(=O)CCCCCCCCCCCCCCCCCCCC)OC(=O)CCCCCCCCCCCCCCCCCCCCC. The number of hydrogen-bond donors (Lipinski definition) is 0. The summed E-state index contributed by atoms with van der Waals surface area (Å²) in [6.07, 6.45) is 88.9. The van der Waals surface area contributed by atoms with Crippen LogP contribution in [0.1, 0.15) is 412 Å². The van der Waals surface area contributed by atoms with E-state index in [2.05, 4.69) is 57.2 Å². The number of allylic oxidation sites excluding steroid dienone is 6. The van der Waals surface area contributed by atoms with Crippen molar-refractivity contribution in [2.45, 2.75) is 419 Å². The van der Waals surface area contributed by atoms with Crippen molar-refractivity contribution < 1.29 is 28.6 Å². The van der Waals surface area contributed by atoms with Gasteiger partial charge in [0.05, 0.1) is 0 Å². The lowest BCUT2D eigenvalue weighted by Crippen LogP contribution is -2.30. The molecule has 0 radical (unpaired) electrons. The predicted octanol–water partition coefficient (Wildman–Crippen LogP) is 25.5. The zero-order valence-electron chi connectivity index (χ0n) is 55.5. The third-order valence-corrected chi connectivity index (χ3v) is 16.9. The van der Waals surface area contributed by atoms with Gasteiger partial charge in [-0.05, 0) is 57.8 Å². The molecule has 0 aromatic rings. The van der Waals surface area contributed by atoms with Crippen LogP contribution < -0.4 is 0 Å². The van der Waals surface area contributed by atoms with Crippen molar-refractivity contribution in [1.82, 2.24) is 0 Å². The molecule has 0 aliphatic heterocycles. The van der Waals surface area contributed by atoms with Crippen molar-refractivity contribution in [1.29, 1.82) is 0 Å². The van der Waals surface area contributed by atoms with Gasteiger partial charge in [0.15, 0.2) is 6.10 Å². The number of hydrogen-bond acceptors (Lipinski definition) is 6. The highest BCUT2D eigenvalue weighted by Gasteiger charge is 2.20. The largest absolute Gasteiger partial charge is 0.462 e. The molecule has 0 aromatic heterocycles. The molecule has 0 amide bonds. The summed E-state index contributed by atoms with van der Waals surface area (Å²) in [7, 11) is 0. The minimum atomic E-state index is -0.770. The smallest absolute Gasteiger partial charge is 0.306 e. The summed E-state index contributed by atoms with van der Waals surface area (Å²) >= 11 is 0. The van der Waals surface area contributed by atoms with Gasteiger partial charge in [0, 0.05) is 19.3 Å². The third kappa shape index (κ3) is 68.4. The van der Waals surface area contributed by atoms with E-state index in [9.17, 15) is 14.4 Å². The molecule has 482 valence electrons. The van der Waals surface area contributed by atoms with Crippen molar-refractivity contribution in [3.05, 3.63) is 36.5 Å². The van der Waals surface area contributed by atoms with E-state index < -0.39 is 6.10 Å². The Kier molecular flexibility index (Phi) is 69.1. The van der Waals surface area contributed by atoms with E-state index in [4.69, 9.17) is 14.2 Å². The summed E-state index contributed by atoms with van der Waals surface area (Å²) < 4.78 is 17.0. The number of rotatable bonds is 69. The van der Waals surface area contributed by atoms with Crippen LogP contribution in [0.2, 0.25) is 0 Å². The Balaban J connectivity index is 4.27. The first-order valence-electron chi connectivity index (χ1n) is 37.0. The van der Waals surface area contributed by atoms with Gasteiger partial charge in [0.1, 0.15) is 13.2 Å². The monoisotopic (exact) mass is 1150 g/mol. The van der Waals surface area contributed by atoms with E-state index in [-0.39, 0.29) is 31.1 Å². The molecular weight excluding hydrogens is 1010 g/mol. The van der Waals surface area contributed by atoms with E-state index >= 15 is 0 Å². The Hall–Kier alpha value is -2.37. The summed E-state index contributed by atoms with van der Waals surface area (Å²) in [5.74, 6) is -0.832. The average Bonchev–Trinajstić information content (AvgIpc) is 3.47. The van der Waals surface area contributed by atoms with E-state index in [1.54, 1.807) is 0 Å². The lowest BCUT2D eigenvalue weighted by atomic mass is 10.0. The number of carbonyl (C=O) groups is 3. The van der Waals surface area contributed by atoms with Crippen molar-refractivity contribution >= 4 is 17.9 Å². The molecular formula is C76H142O6. The molecule has 0 saturated heterocycles. The van der Waals surface area contributed by atoms with Gasteiger partial charge in [0.25, 0.3) is 0 Å². The molecule has 0 saturated carbocycles. The van der Waals surface area contributed by atoms with Gasteiger partial charge in [-0.15, -0.1) is 0 Å². The van der Waals surface area contributed by atoms with Crippen LogP contribution in [0.5, 0.6) is 0 Å². The molecule has 1 unspecified atom stereocenters. The standard InChI is InChI=1S/C76H142O6/c1-4-7-10-13-16-19-22-25-28-31-34-35-36-37-38-39-40-41-43-45-48-51-54-57-60-63-66-69-75(78)81-72-73(71-80-74(77)68-65-62-59-56-53-50-47-44-33-30-27-24-21-18-15-12-9-6-3)82-76(79)70-67-64-61-58-55-52-49-46-42-32-29-26-23-20-17-14-11-8-5-2/h22,25,31,34,36-37,73H,4-21,23-24,26-30,32-33,35,38-72H2,1-3H3/b25-22-,34-31-,37-36-. The molecule has 0 rings (SSSR count). The van der Waals surface area contributed by atoms with Crippen LogP contribution in [-0.2, 0) is 28.6 Å². The molecule has 0 aliphatic carbocycles. The van der Waals surface area contributed by atoms with Crippen LogP contribution in [0.4, 0.5) is 0 Å². The Morgan fingerprint density at radius 3 is 0.683 bits per heavy atom. The molecule has 1 atom stereocenters. The fourth-order valence-corrected chi connectivity index (χ4v) is 11.3. The molecule has 82 heavy (non-hydrogen) atoms. The Morgan fingerprint density at radius 2 is 0.439 bits per heavy atom. The van der Waals surface area contributed by atoms with Gasteiger partial charge in [0.2, 0.25) is 0 Å². The van der Waals surface area contributed by atoms with Crippen LogP contribution in [0, 0.1) is 0 Å². The lowest BCUT2D eigenvalue weighted by Gasteiger charge is -2.18. The first-order chi connectivity index (χ1) is 40.5. The lowest BCUT2D eigenvalue weighted by molar-refractivity contribution is -0.167. The summed E-state index contributed by atoms with van der Waals surface area (Å²) in [6.45, 7) is 6.72. The second kappa shape index (κ2) is 71.1. The molecule has 0 bridgehead atoms.